The van der Waals surface area contributed by atoms with E-state index in [1.165, 1.54) is 0 Å². The third-order valence-electron chi connectivity index (χ3n) is 4.73. The predicted molar refractivity (Wildman–Crippen MR) is 116 cm³/mol. The Morgan fingerprint density at radius 2 is 1.68 bits per heavy atom. The molecule has 1 heterocycles. The van der Waals surface area contributed by atoms with Crippen LogP contribution in [0.5, 0.6) is 5.75 Å². The molecule has 142 valence electrons. The molecule has 3 nitrogen and oxygen atoms in total. The Kier molecular flexibility index (Phi) is 5.29. The zero-order valence-corrected chi connectivity index (χ0v) is 17.2. The standard InChI is InChI=1S/C23H20Cl2N2O/c1-15-7-5-8-17(13-15)28-16(2)23-26-21-11-3-4-12-22(21)27(23)14-18-19(24)9-6-10-20(18)25/h3-13,16H,14H2,1-2H3. The molecule has 0 amide bonds. The molecule has 0 aliphatic heterocycles. The van der Waals surface area contributed by atoms with E-state index in [2.05, 4.69) is 10.6 Å². The van der Waals surface area contributed by atoms with Gasteiger partial charge in [-0.05, 0) is 55.8 Å². The van der Waals surface area contributed by atoms with Gasteiger partial charge in [0, 0.05) is 15.6 Å². The monoisotopic (exact) mass is 410 g/mol. The summed E-state index contributed by atoms with van der Waals surface area (Å²) in [5, 5.41) is 1.28. The number of ether oxygens (including phenoxy) is 1. The Bertz CT molecular complexity index is 1120. The number of rotatable bonds is 5. The van der Waals surface area contributed by atoms with Crippen LogP contribution in [0.15, 0.2) is 66.7 Å². The Balaban J connectivity index is 1.77. The summed E-state index contributed by atoms with van der Waals surface area (Å²) < 4.78 is 8.33. The second-order valence-corrected chi connectivity index (χ2v) is 7.64. The largest absolute Gasteiger partial charge is 0.483 e. The zero-order valence-electron chi connectivity index (χ0n) is 15.7. The summed E-state index contributed by atoms with van der Waals surface area (Å²) >= 11 is 12.9. The van der Waals surface area contributed by atoms with E-state index in [4.69, 9.17) is 32.9 Å². The van der Waals surface area contributed by atoms with Gasteiger partial charge in [-0.2, -0.15) is 0 Å². The summed E-state index contributed by atoms with van der Waals surface area (Å²) in [7, 11) is 0. The van der Waals surface area contributed by atoms with Gasteiger partial charge in [0.1, 0.15) is 5.75 Å². The van der Waals surface area contributed by atoms with Crippen LogP contribution >= 0.6 is 23.2 Å². The van der Waals surface area contributed by atoms with Crippen LogP contribution in [-0.4, -0.2) is 9.55 Å². The predicted octanol–water partition coefficient (Wildman–Crippen LogP) is 6.84. The Morgan fingerprint density at radius 1 is 0.964 bits per heavy atom. The first-order valence-electron chi connectivity index (χ1n) is 9.14. The van der Waals surface area contributed by atoms with Crippen LogP contribution in [0.25, 0.3) is 11.0 Å². The highest BCUT2D eigenvalue weighted by molar-refractivity contribution is 6.36. The molecule has 0 spiro atoms. The molecule has 1 atom stereocenters. The van der Waals surface area contributed by atoms with Gasteiger partial charge < -0.3 is 9.30 Å². The van der Waals surface area contributed by atoms with Crippen LogP contribution in [0.3, 0.4) is 0 Å². The van der Waals surface area contributed by atoms with Crippen LogP contribution in [0.1, 0.15) is 30.0 Å². The topological polar surface area (TPSA) is 27.1 Å². The Labute approximate surface area is 174 Å². The number of fused-ring (bicyclic) bond motifs is 1. The fraction of sp³-hybridized carbons (Fsp3) is 0.174. The molecular formula is C23H20Cl2N2O. The number of benzene rings is 3. The molecule has 4 aromatic rings. The molecule has 0 radical (unpaired) electrons. The number of para-hydroxylation sites is 2. The van der Waals surface area contributed by atoms with Gasteiger partial charge in [-0.1, -0.05) is 53.5 Å². The number of hydrogen-bond acceptors (Lipinski definition) is 2. The molecule has 0 N–H and O–H groups in total. The smallest absolute Gasteiger partial charge is 0.153 e. The first-order chi connectivity index (χ1) is 13.5. The van der Waals surface area contributed by atoms with Crippen molar-refractivity contribution in [2.75, 3.05) is 0 Å². The van der Waals surface area contributed by atoms with Crippen molar-refractivity contribution in [3.63, 3.8) is 0 Å². The number of imidazole rings is 1. The van der Waals surface area contributed by atoms with Crippen molar-refractivity contribution in [1.29, 1.82) is 0 Å². The fourth-order valence-corrected chi connectivity index (χ4v) is 3.87. The average Bonchev–Trinajstić information content (AvgIpc) is 3.03. The minimum absolute atomic E-state index is 0.240. The second-order valence-electron chi connectivity index (χ2n) is 6.82. The molecule has 0 aliphatic rings. The van der Waals surface area contributed by atoms with Crippen LogP contribution < -0.4 is 4.74 Å². The molecule has 0 saturated carbocycles. The van der Waals surface area contributed by atoms with Crippen LogP contribution in [0.2, 0.25) is 10.0 Å². The summed E-state index contributed by atoms with van der Waals surface area (Å²) in [6, 6.07) is 21.6. The van der Waals surface area contributed by atoms with Gasteiger partial charge in [-0.15, -0.1) is 0 Å². The van der Waals surface area contributed by atoms with Gasteiger partial charge in [0.2, 0.25) is 0 Å². The van der Waals surface area contributed by atoms with E-state index in [-0.39, 0.29) is 6.10 Å². The maximum Gasteiger partial charge on any atom is 0.153 e. The molecule has 0 bridgehead atoms. The van der Waals surface area contributed by atoms with Crippen molar-refractivity contribution in [1.82, 2.24) is 9.55 Å². The SMILES string of the molecule is Cc1cccc(OC(C)c2nc3ccccc3n2Cc2c(Cl)cccc2Cl)c1. The van der Waals surface area contributed by atoms with E-state index in [0.717, 1.165) is 33.7 Å². The Hall–Kier alpha value is -2.49. The van der Waals surface area contributed by atoms with Gasteiger partial charge in [-0.25, -0.2) is 4.98 Å². The molecule has 3 aromatic carbocycles. The van der Waals surface area contributed by atoms with Gasteiger partial charge in [0.25, 0.3) is 0 Å². The summed E-state index contributed by atoms with van der Waals surface area (Å²) in [5.74, 6) is 1.65. The lowest BCUT2D eigenvalue weighted by Crippen LogP contribution is -2.13. The number of nitrogens with zero attached hydrogens (tertiary/aromatic N) is 2. The number of aryl methyl sites for hydroxylation is 1. The molecule has 0 fully saturated rings. The highest BCUT2D eigenvalue weighted by Crippen LogP contribution is 2.30. The maximum absolute atomic E-state index is 6.43. The molecule has 0 saturated heterocycles. The molecule has 5 heteroatoms. The fourth-order valence-electron chi connectivity index (χ4n) is 3.36. The summed E-state index contributed by atoms with van der Waals surface area (Å²) in [6.07, 6.45) is -0.240. The molecule has 0 aliphatic carbocycles. The van der Waals surface area contributed by atoms with E-state index >= 15 is 0 Å². The van der Waals surface area contributed by atoms with Crippen LogP contribution in [0.4, 0.5) is 0 Å². The molecule has 1 aromatic heterocycles. The van der Waals surface area contributed by atoms with Crippen molar-refractivity contribution in [2.45, 2.75) is 26.5 Å². The third-order valence-corrected chi connectivity index (χ3v) is 5.44. The number of hydrogen-bond donors (Lipinski definition) is 0. The molecule has 4 rings (SSSR count). The first-order valence-corrected chi connectivity index (χ1v) is 9.90. The highest BCUT2D eigenvalue weighted by Gasteiger charge is 2.20. The third kappa shape index (κ3) is 3.73. The lowest BCUT2D eigenvalue weighted by molar-refractivity contribution is 0.212. The highest BCUT2D eigenvalue weighted by atomic mass is 35.5. The van der Waals surface area contributed by atoms with Crippen molar-refractivity contribution in [3.05, 3.63) is 93.7 Å². The van der Waals surface area contributed by atoms with Crippen LogP contribution in [0, 0.1) is 6.92 Å². The zero-order chi connectivity index (χ0) is 19.7. The summed E-state index contributed by atoms with van der Waals surface area (Å²) in [6.45, 7) is 4.58. The maximum atomic E-state index is 6.43. The van der Waals surface area contributed by atoms with E-state index in [9.17, 15) is 0 Å². The van der Waals surface area contributed by atoms with Crippen LogP contribution in [-0.2, 0) is 6.54 Å². The summed E-state index contributed by atoms with van der Waals surface area (Å²) in [4.78, 5) is 4.84. The van der Waals surface area contributed by atoms with E-state index < -0.39 is 0 Å². The number of aromatic nitrogens is 2. The normalized spacial score (nSPS) is 12.3. The second kappa shape index (κ2) is 7.86. The average molecular weight is 411 g/mol. The lowest BCUT2D eigenvalue weighted by Gasteiger charge is -2.18. The molecular weight excluding hydrogens is 391 g/mol. The quantitative estimate of drug-likeness (QED) is 0.360. The van der Waals surface area contributed by atoms with Gasteiger partial charge in [0.05, 0.1) is 17.6 Å². The van der Waals surface area contributed by atoms with Crippen molar-refractivity contribution < 1.29 is 4.74 Å². The molecule has 1 unspecified atom stereocenters. The van der Waals surface area contributed by atoms with Gasteiger partial charge in [0.15, 0.2) is 11.9 Å². The minimum Gasteiger partial charge on any atom is -0.483 e. The van der Waals surface area contributed by atoms with E-state index in [1.54, 1.807) is 0 Å². The lowest BCUT2D eigenvalue weighted by atomic mass is 10.2. The van der Waals surface area contributed by atoms with Crippen molar-refractivity contribution >= 4 is 34.2 Å². The minimum atomic E-state index is -0.240. The van der Waals surface area contributed by atoms with Gasteiger partial charge >= 0.3 is 0 Å². The first kappa shape index (κ1) is 18.9. The van der Waals surface area contributed by atoms with Crippen molar-refractivity contribution in [2.24, 2.45) is 0 Å². The Morgan fingerprint density at radius 3 is 2.43 bits per heavy atom. The number of halogens is 2. The summed E-state index contributed by atoms with van der Waals surface area (Å²) in [5.41, 5.74) is 3.97. The van der Waals surface area contributed by atoms with E-state index in [1.807, 2.05) is 74.5 Å². The molecule has 28 heavy (non-hydrogen) atoms. The van der Waals surface area contributed by atoms with Gasteiger partial charge in [-0.3, -0.25) is 0 Å². The van der Waals surface area contributed by atoms with Crippen molar-refractivity contribution in [3.8, 4) is 5.75 Å². The van der Waals surface area contributed by atoms with E-state index in [0.29, 0.717) is 16.6 Å².